The monoisotopic (exact) mass is 332 g/mol. The normalized spacial score (nSPS) is 64.7. The molecule has 0 aromatic heterocycles. The Morgan fingerprint density at radius 2 is 1.79 bits per heavy atom. The summed E-state index contributed by atoms with van der Waals surface area (Å²) in [4.78, 5) is 0. The summed E-state index contributed by atoms with van der Waals surface area (Å²) in [6, 6.07) is 0. The molecule has 1 spiro atoms. The highest BCUT2D eigenvalue weighted by Gasteiger charge is 2.84. The Labute approximate surface area is 145 Å². The molecule has 24 heavy (non-hydrogen) atoms. The van der Waals surface area contributed by atoms with Gasteiger partial charge in [0.15, 0.2) is 0 Å². The molecule has 5 fully saturated rings. The fraction of sp³-hybridized carbons (Fsp3) is 0.905. The van der Waals surface area contributed by atoms with E-state index in [4.69, 9.17) is 0 Å². The van der Waals surface area contributed by atoms with Gasteiger partial charge in [0.25, 0.3) is 0 Å². The van der Waals surface area contributed by atoms with Crippen LogP contribution in [0, 0.1) is 34.0 Å². The minimum absolute atomic E-state index is 0.0656. The van der Waals surface area contributed by atoms with E-state index in [9.17, 15) is 15.3 Å². The van der Waals surface area contributed by atoms with Crippen LogP contribution in [-0.2, 0) is 0 Å². The van der Waals surface area contributed by atoms with Crippen LogP contribution in [0.25, 0.3) is 0 Å². The lowest BCUT2D eigenvalue weighted by molar-refractivity contribution is -0.217. The molecule has 0 radical (unpaired) electrons. The molecule has 5 rings (SSSR count). The summed E-state index contributed by atoms with van der Waals surface area (Å²) in [6.07, 6.45) is 6.78. The fourth-order valence-corrected chi connectivity index (χ4v) is 8.34. The second-order valence-corrected chi connectivity index (χ2v) is 10.3. The zero-order valence-corrected chi connectivity index (χ0v) is 15.1. The number of aliphatic hydroxyl groups is 3. The maximum absolute atomic E-state index is 11.4. The molecule has 0 aromatic rings. The van der Waals surface area contributed by atoms with Crippen LogP contribution in [0.5, 0.6) is 0 Å². The van der Waals surface area contributed by atoms with E-state index in [1.807, 2.05) is 0 Å². The van der Waals surface area contributed by atoms with Crippen LogP contribution in [0.2, 0.25) is 0 Å². The maximum Gasteiger partial charge on any atom is 0.0978 e. The summed E-state index contributed by atoms with van der Waals surface area (Å²) in [5.41, 5.74) is 0.365. The van der Waals surface area contributed by atoms with Crippen LogP contribution < -0.4 is 0 Å². The van der Waals surface area contributed by atoms with Crippen LogP contribution in [0.4, 0.5) is 0 Å². The largest absolute Gasteiger partial charge is 0.393 e. The van der Waals surface area contributed by atoms with Crippen LogP contribution in [0.1, 0.15) is 65.2 Å². The number of fused-ring (bicyclic) bond motifs is 4. The molecule has 3 N–H and O–H groups in total. The Hall–Kier alpha value is -0.380. The average Bonchev–Trinajstić information content (AvgIpc) is 3.03. The molecule has 0 saturated heterocycles. The highest BCUT2D eigenvalue weighted by molar-refractivity contribution is 5.34. The Kier molecular flexibility index (Phi) is 2.83. The molecular formula is C21H32O3. The third kappa shape index (κ3) is 1.45. The van der Waals surface area contributed by atoms with Gasteiger partial charge in [0.1, 0.15) is 0 Å². The molecule has 0 amide bonds. The first-order valence-corrected chi connectivity index (χ1v) is 9.96. The van der Waals surface area contributed by atoms with E-state index in [1.54, 1.807) is 0 Å². The molecule has 3 heteroatoms. The molecule has 0 bridgehead atoms. The fourth-order valence-electron chi connectivity index (χ4n) is 8.34. The van der Waals surface area contributed by atoms with E-state index < -0.39 is 11.7 Å². The molecule has 5 saturated carbocycles. The molecule has 0 aromatic carbocycles. The lowest BCUT2D eigenvalue weighted by Gasteiger charge is -2.63. The van der Waals surface area contributed by atoms with E-state index in [2.05, 4.69) is 20.4 Å². The Bertz CT molecular complexity index is 616. The average molecular weight is 332 g/mol. The Morgan fingerprint density at radius 1 is 1.04 bits per heavy atom. The molecule has 134 valence electrons. The highest BCUT2D eigenvalue weighted by Crippen LogP contribution is 2.82. The lowest BCUT2D eigenvalue weighted by atomic mass is 9.43. The van der Waals surface area contributed by atoms with Crippen molar-refractivity contribution in [1.82, 2.24) is 0 Å². The molecular weight excluding hydrogens is 300 g/mol. The van der Waals surface area contributed by atoms with Crippen molar-refractivity contribution < 1.29 is 15.3 Å². The standard InChI is InChI=1S/C21H32O3/c1-12-4-5-14-16-15(7-8-18(12,14)2)19(3)9-6-13(22)10-20(19)11-21(20,24)17(16)23/h13-17,22-24H,1,4-11H2,2-3H3/t13-,14-,15-,16-,17+,18+,19+,20+,21-/m0/s1. The van der Waals surface area contributed by atoms with E-state index in [0.717, 1.165) is 32.1 Å². The second-order valence-electron chi connectivity index (χ2n) is 10.3. The lowest BCUT2D eigenvalue weighted by Crippen LogP contribution is -2.63. The van der Waals surface area contributed by atoms with Crippen molar-refractivity contribution in [3.8, 4) is 0 Å². The maximum atomic E-state index is 11.4. The van der Waals surface area contributed by atoms with Crippen molar-refractivity contribution in [1.29, 1.82) is 0 Å². The van der Waals surface area contributed by atoms with Crippen molar-refractivity contribution in [3.63, 3.8) is 0 Å². The minimum atomic E-state index is -0.966. The molecule has 9 atom stereocenters. The van der Waals surface area contributed by atoms with Crippen molar-refractivity contribution in [2.45, 2.75) is 83.0 Å². The first-order valence-electron chi connectivity index (χ1n) is 9.96. The zero-order chi connectivity index (χ0) is 17.1. The third-order valence-electron chi connectivity index (χ3n) is 9.91. The Morgan fingerprint density at radius 3 is 2.54 bits per heavy atom. The highest BCUT2D eigenvalue weighted by atomic mass is 16.4. The number of aliphatic hydroxyl groups excluding tert-OH is 2. The number of rotatable bonds is 0. The molecule has 5 aliphatic carbocycles. The summed E-state index contributed by atoms with van der Waals surface area (Å²) < 4.78 is 0. The summed E-state index contributed by atoms with van der Waals surface area (Å²) in [5, 5.41) is 33.0. The molecule has 0 aliphatic heterocycles. The van der Waals surface area contributed by atoms with Crippen molar-refractivity contribution in [3.05, 3.63) is 12.2 Å². The topological polar surface area (TPSA) is 60.7 Å². The van der Waals surface area contributed by atoms with Gasteiger partial charge in [0.05, 0.1) is 17.8 Å². The first kappa shape index (κ1) is 15.8. The third-order valence-corrected chi connectivity index (χ3v) is 9.91. The van der Waals surface area contributed by atoms with Gasteiger partial charge in [-0.3, -0.25) is 0 Å². The summed E-state index contributed by atoms with van der Waals surface area (Å²) >= 11 is 0. The second kappa shape index (κ2) is 4.29. The van der Waals surface area contributed by atoms with Gasteiger partial charge in [-0.25, -0.2) is 0 Å². The van der Waals surface area contributed by atoms with Crippen molar-refractivity contribution in [2.75, 3.05) is 0 Å². The summed E-state index contributed by atoms with van der Waals surface area (Å²) in [7, 11) is 0. The van der Waals surface area contributed by atoms with Gasteiger partial charge in [0.2, 0.25) is 0 Å². The number of allylic oxidation sites excluding steroid dienone is 1. The van der Waals surface area contributed by atoms with Gasteiger partial charge in [-0.05, 0) is 80.0 Å². The van der Waals surface area contributed by atoms with Crippen LogP contribution in [0.3, 0.4) is 0 Å². The molecule has 3 nitrogen and oxygen atoms in total. The summed E-state index contributed by atoms with van der Waals surface area (Å²) in [5.74, 6) is 1.14. The van der Waals surface area contributed by atoms with Gasteiger partial charge in [0, 0.05) is 5.41 Å². The van der Waals surface area contributed by atoms with Crippen LogP contribution >= 0.6 is 0 Å². The van der Waals surface area contributed by atoms with Gasteiger partial charge in [-0.1, -0.05) is 26.0 Å². The molecule has 0 heterocycles. The van der Waals surface area contributed by atoms with E-state index in [1.165, 1.54) is 12.0 Å². The smallest absolute Gasteiger partial charge is 0.0978 e. The van der Waals surface area contributed by atoms with E-state index in [-0.39, 0.29) is 28.3 Å². The minimum Gasteiger partial charge on any atom is -0.393 e. The van der Waals surface area contributed by atoms with Gasteiger partial charge < -0.3 is 15.3 Å². The van der Waals surface area contributed by atoms with Gasteiger partial charge >= 0.3 is 0 Å². The van der Waals surface area contributed by atoms with Gasteiger partial charge in [-0.15, -0.1) is 0 Å². The predicted octanol–water partition coefficient (Wildman–Crippen LogP) is 3.03. The summed E-state index contributed by atoms with van der Waals surface area (Å²) in [6.45, 7) is 9.07. The van der Waals surface area contributed by atoms with Crippen molar-refractivity contribution in [2.24, 2.45) is 34.0 Å². The quantitative estimate of drug-likeness (QED) is 0.598. The van der Waals surface area contributed by atoms with E-state index >= 15 is 0 Å². The van der Waals surface area contributed by atoms with Crippen LogP contribution in [0.15, 0.2) is 12.2 Å². The number of hydrogen-bond acceptors (Lipinski definition) is 3. The SMILES string of the molecule is C=C1CC[C@H]2[C@@H]3[C@@H](O)[C@@]4(O)C[C@@]45C[C@@H](O)CC[C@]5(C)[C@H]3CC[C@]12C. The predicted molar refractivity (Wildman–Crippen MR) is 92.2 cm³/mol. The van der Waals surface area contributed by atoms with Gasteiger partial charge in [-0.2, -0.15) is 0 Å². The molecule has 0 unspecified atom stereocenters. The first-order chi connectivity index (χ1) is 11.2. The molecule has 5 aliphatic rings. The van der Waals surface area contributed by atoms with E-state index in [0.29, 0.717) is 24.7 Å². The Balaban J connectivity index is 1.61. The number of hydrogen-bond donors (Lipinski definition) is 3. The van der Waals surface area contributed by atoms with Crippen molar-refractivity contribution >= 4 is 0 Å². The van der Waals surface area contributed by atoms with Crippen LogP contribution in [-0.4, -0.2) is 33.1 Å². The zero-order valence-electron chi connectivity index (χ0n) is 15.1.